The molecule has 0 atom stereocenters. The average molecular weight is 430 g/mol. The van der Waals surface area contributed by atoms with Gasteiger partial charge in [-0.3, -0.25) is 9.89 Å². The van der Waals surface area contributed by atoms with E-state index in [-0.39, 0.29) is 0 Å². The first-order valence-electron chi connectivity index (χ1n) is 10.7. The van der Waals surface area contributed by atoms with Crippen molar-refractivity contribution in [1.29, 1.82) is 0 Å². The molecule has 1 fully saturated rings. The summed E-state index contributed by atoms with van der Waals surface area (Å²) in [6.45, 7) is 7.36. The molecule has 1 aromatic carbocycles. The summed E-state index contributed by atoms with van der Waals surface area (Å²) < 4.78 is 10.8. The fraction of sp³-hybridized carbons (Fsp3) is 0.545. The molecule has 2 aliphatic heterocycles. The molecular weight excluding hydrogens is 398 g/mol. The van der Waals surface area contributed by atoms with Crippen LogP contribution in [0.4, 0.5) is 0 Å². The minimum atomic E-state index is 0.303. The van der Waals surface area contributed by atoms with Crippen LogP contribution >= 0.6 is 11.3 Å². The predicted octanol–water partition coefficient (Wildman–Crippen LogP) is 3.01. The van der Waals surface area contributed by atoms with Crippen LogP contribution in [0.25, 0.3) is 0 Å². The number of benzene rings is 1. The van der Waals surface area contributed by atoms with E-state index in [1.54, 1.807) is 11.3 Å². The van der Waals surface area contributed by atoms with Gasteiger partial charge in [0, 0.05) is 32.1 Å². The SMILES string of the molecule is CCc1nc(CN2CCC(CNC(=NC)NCc3ccc4c(c3)OCO4)CC2)cs1. The van der Waals surface area contributed by atoms with Crippen molar-refractivity contribution >= 4 is 17.3 Å². The Bertz CT molecular complexity index is 861. The molecular formula is C22H31N5O2S. The largest absolute Gasteiger partial charge is 0.454 e. The average Bonchev–Trinajstić information content (AvgIpc) is 3.43. The second kappa shape index (κ2) is 10.1. The van der Waals surface area contributed by atoms with E-state index in [0.717, 1.165) is 55.6 Å². The number of guanidine groups is 1. The van der Waals surface area contributed by atoms with Gasteiger partial charge in [-0.25, -0.2) is 4.98 Å². The van der Waals surface area contributed by atoms with Gasteiger partial charge in [0.1, 0.15) is 0 Å². The fourth-order valence-corrected chi connectivity index (χ4v) is 4.60. The molecule has 0 aliphatic carbocycles. The summed E-state index contributed by atoms with van der Waals surface area (Å²) in [5.41, 5.74) is 2.37. The van der Waals surface area contributed by atoms with E-state index >= 15 is 0 Å². The number of aromatic nitrogens is 1. The molecule has 0 spiro atoms. The maximum Gasteiger partial charge on any atom is 0.231 e. The van der Waals surface area contributed by atoms with Gasteiger partial charge in [0.25, 0.3) is 0 Å². The first-order valence-corrected chi connectivity index (χ1v) is 11.6. The Labute approximate surface area is 182 Å². The van der Waals surface area contributed by atoms with E-state index in [2.05, 4.69) is 38.9 Å². The van der Waals surface area contributed by atoms with Crippen molar-refractivity contribution in [1.82, 2.24) is 20.5 Å². The summed E-state index contributed by atoms with van der Waals surface area (Å²) >= 11 is 1.78. The summed E-state index contributed by atoms with van der Waals surface area (Å²) in [6, 6.07) is 6.03. The minimum Gasteiger partial charge on any atom is -0.454 e. The van der Waals surface area contributed by atoms with Gasteiger partial charge in [0.2, 0.25) is 6.79 Å². The standard InChI is InChI=1S/C22H31N5O2S/c1-3-21-26-18(14-30-21)13-27-8-6-16(7-9-27)11-24-22(23-2)25-12-17-4-5-19-20(10-17)29-15-28-19/h4-5,10,14,16H,3,6-9,11-13,15H2,1-2H3,(H2,23,24,25). The van der Waals surface area contributed by atoms with Crippen LogP contribution in [0.15, 0.2) is 28.6 Å². The minimum absolute atomic E-state index is 0.303. The van der Waals surface area contributed by atoms with E-state index in [9.17, 15) is 0 Å². The maximum atomic E-state index is 5.45. The van der Waals surface area contributed by atoms with Crippen LogP contribution in [0.5, 0.6) is 11.5 Å². The lowest BCUT2D eigenvalue weighted by molar-refractivity contribution is 0.174. The summed E-state index contributed by atoms with van der Waals surface area (Å²) in [7, 11) is 1.82. The van der Waals surface area contributed by atoms with Gasteiger partial charge < -0.3 is 20.1 Å². The van der Waals surface area contributed by atoms with Crippen LogP contribution in [-0.2, 0) is 19.5 Å². The fourth-order valence-electron chi connectivity index (χ4n) is 3.86. The van der Waals surface area contributed by atoms with Crippen molar-refractivity contribution in [3.63, 3.8) is 0 Å². The van der Waals surface area contributed by atoms with E-state index in [1.165, 1.54) is 23.5 Å². The highest BCUT2D eigenvalue weighted by atomic mass is 32.1. The normalized spacial score (nSPS) is 17.3. The van der Waals surface area contributed by atoms with Crippen LogP contribution < -0.4 is 20.1 Å². The number of rotatable bonds is 7. The van der Waals surface area contributed by atoms with Crippen molar-refractivity contribution in [3.05, 3.63) is 39.8 Å². The quantitative estimate of drug-likeness (QED) is 0.521. The van der Waals surface area contributed by atoms with Gasteiger partial charge in [0.15, 0.2) is 17.5 Å². The number of aliphatic imine (C=N–C) groups is 1. The molecule has 4 rings (SSSR count). The van der Waals surface area contributed by atoms with Crippen molar-refractivity contribution < 1.29 is 9.47 Å². The van der Waals surface area contributed by atoms with Crippen LogP contribution in [-0.4, -0.2) is 49.3 Å². The van der Waals surface area contributed by atoms with E-state index in [0.29, 0.717) is 19.3 Å². The highest BCUT2D eigenvalue weighted by molar-refractivity contribution is 7.09. The summed E-state index contributed by atoms with van der Waals surface area (Å²) in [5, 5.41) is 10.3. The Morgan fingerprint density at radius 3 is 2.83 bits per heavy atom. The Morgan fingerprint density at radius 2 is 2.07 bits per heavy atom. The molecule has 8 heteroatoms. The van der Waals surface area contributed by atoms with Crippen LogP contribution in [0.1, 0.15) is 36.0 Å². The van der Waals surface area contributed by atoms with Crippen molar-refractivity contribution in [2.24, 2.45) is 10.9 Å². The molecule has 0 saturated carbocycles. The molecule has 1 saturated heterocycles. The molecule has 7 nitrogen and oxygen atoms in total. The third-order valence-corrected chi connectivity index (χ3v) is 6.72. The van der Waals surface area contributed by atoms with Gasteiger partial charge in [-0.15, -0.1) is 11.3 Å². The number of thiazole rings is 1. The molecule has 0 unspecified atom stereocenters. The number of nitrogens with one attached hydrogen (secondary N) is 2. The zero-order chi connectivity index (χ0) is 20.8. The van der Waals surface area contributed by atoms with Gasteiger partial charge in [-0.1, -0.05) is 13.0 Å². The topological polar surface area (TPSA) is 71.0 Å². The number of hydrogen-bond donors (Lipinski definition) is 2. The number of piperidine rings is 1. The van der Waals surface area contributed by atoms with Crippen molar-refractivity contribution in [3.8, 4) is 11.5 Å². The van der Waals surface area contributed by atoms with E-state index in [4.69, 9.17) is 14.5 Å². The number of nitrogens with zero attached hydrogens (tertiary/aromatic N) is 3. The second-order valence-electron chi connectivity index (χ2n) is 7.80. The maximum absolute atomic E-state index is 5.45. The Kier molecular flexibility index (Phi) is 7.07. The Morgan fingerprint density at radius 1 is 1.23 bits per heavy atom. The monoisotopic (exact) mass is 429 g/mol. The molecule has 1 aromatic heterocycles. The Balaban J connectivity index is 1.17. The smallest absolute Gasteiger partial charge is 0.231 e. The second-order valence-corrected chi connectivity index (χ2v) is 8.74. The lowest BCUT2D eigenvalue weighted by Crippen LogP contribution is -2.42. The van der Waals surface area contributed by atoms with E-state index < -0.39 is 0 Å². The molecule has 2 aromatic rings. The van der Waals surface area contributed by atoms with Gasteiger partial charge >= 0.3 is 0 Å². The summed E-state index contributed by atoms with van der Waals surface area (Å²) in [6.07, 6.45) is 3.44. The van der Waals surface area contributed by atoms with Gasteiger partial charge in [-0.2, -0.15) is 0 Å². The molecule has 0 radical (unpaired) electrons. The summed E-state index contributed by atoms with van der Waals surface area (Å²) in [4.78, 5) is 11.6. The molecule has 0 bridgehead atoms. The zero-order valence-electron chi connectivity index (χ0n) is 17.8. The Hall–Kier alpha value is -2.32. The lowest BCUT2D eigenvalue weighted by atomic mass is 9.97. The number of fused-ring (bicyclic) bond motifs is 1. The number of aryl methyl sites for hydroxylation is 1. The van der Waals surface area contributed by atoms with Crippen LogP contribution in [0.3, 0.4) is 0 Å². The highest BCUT2D eigenvalue weighted by Crippen LogP contribution is 2.32. The predicted molar refractivity (Wildman–Crippen MR) is 120 cm³/mol. The molecule has 0 amide bonds. The summed E-state index contributed by atoms with van der Waals surface area (Å²) in [5.74, 6) is 3.14. The van der Waals surface area contributed by atoms with E-state index in [1.807, 2.05) is 19.2 Å². The van der Waals surface area contributed by atoms with Crippen LogP contribution in [0, 0.1) is 5.92 Å². The van der Waals surface area contributed by atoms with Gasteiger partial charge in [0.05, 0.1) is 10.7 Å². The number of hydrogen-bond acceptors (Lipinski definition) is 6. The van der Waals surface area contributed by atoms with Gasteiger partial charge in [-0.05, 0) is 56.0 Å². The first-order chi connectivity index (χ1) is 14.7. The molecule has 162 valence electrons. The number of likely N-dealkylation sites (tertiary alicyclic amines) is 1. The molecule has 3 heterocycles. The zero-order valence-corrected chi connectivity index (χ0v) is 18.6. The first kappa shape index (κ1) is 20.9. The third-order valence-electron chi connectivity index (χ3n) is 5.67. The lowest BCUT2D eigenvalue weighted by Gasteiger charge is -2.31. The highest BCUT2D eigenvalue weighted by Gasteiger charge is 2.20. The third kappa shape index (κ3) is 5.43. The van der Waals surface area contributed by atoms with Crippen LogP contribution in [0.2, 0.25) is 0 Å². The number of ether oxygens (including phenoxy) is 2. The molecule has 2 aliphatic rings. The molecule has 2 N–H and O–H groups in total. The van der Waals surface area contributed by atoms with Crippen molar-refractivity contribution in [2.45, 2.75) is 39.3 Å². The van der Waals surface area contributed by atoms with Crippen molar-refractivity contribution in [2.75, 3.05) is 33.5 Å². The molecule has 30 heavy (non-hydrogen) atoms.